The number of aldehydes is 1. The Balaban J connectivity index is 3.38. The van der Waals surface area contributed by atoms with E-state index in [0.29, 0.717) is 12.0 Å². The highest BCUT2D eigenvalue weighted by Crippen LogP contribution is 2.15. The lowest BCUT2D eigenvalue weighted by atomic mass is 10.1. The molecule has 1 aromatic rings. The van der Waals surface area contributed by atoms with Gasteiger partial charge in [-0.3, -0.25) is 4.79 Å². The number of carbonyl (C=O) groups excluding carboxylic acids is 1. The Kier molecular flexibility index (Phi) is 2.63. The number of halogens is 1. The number of carbonyl (C=O) groups is 2. The van der Waals surface area contributed by atoms with Crippen LogP contribution in [0.4, 0.5) is 0 Å². The van der Waals surface area contributed by atoms with E-state index >= 15 is 0 Å². The van der Waals surface area contributed by atoms with Gasteiger partial charge in [0.2, 0.25) is 0 Å². The van der Waals surface area contributed by atoms with Crippen molar-refractivity contribution in [1.29, 1.82) is 0 Å². The van der Waals surface area contributed by atoms with Crippen molar-refractivity contribution in [1.82, 2.24) is 4.98 Å². The zero-order chi connectivity index (χ0) is 10.0. The van der Waals surface area contributed by atoms with Gasteiger partial charge in [-0.1, -0.05) is 11.6 Å². The zero-order valence-corrected chi connectivity index (χ0v) is 7.50. The Morgan fingerprint density at radius 1 is 1.69 bits per heavy atom. The van der Waals surface area contributed by atoms with E-state index in [9.17, 15) is 9.59 Å². The predicted octanol–water partition coefficient (Wildman–Crippen LogP) is 1.55. The van der Waals surface area contributed by atoms with Crippen LogP contribution in [0.2, 0.25) is 5.15 Å². The molecule has 0 saturated carbocycles. The molecule has 1 rings (SSSR count). The molecule has 0 aliphatic carbocycles. The lowest BCUT2D eigenvalue weighted by molar-refractivity contribution is 0.0695. The number of aryl methyl sites for hydroxylation is 1. The zero-order valence-electron chi connectivity index (χ0n) is 6.74. The second kappa shape index (κ2) is 3.53. The summed E-state index contributed by atoms with van der Waals surface area (Å²) in [6.45, 7) is 1.52. The average molecular weight is 200 g/mol. The Morgan fingerprint density at radius 2 is 2.31 bits per heavy atom. The number of rotatable bonds is 2. The molecule has 0 bridgehead atoms. The molecule has 1 heterocycles. The van der Waals surface area contributed by atoms with Gasteiger partial charge >= 0.3 is 5.97 Å². The predicted molar refractivity (Wildman–Crippen MR) is 46.3 cm³/mol. The van der Waals surface area contributed by atoms with E-state index < -0.39 is 5.97 Å². The number of nitrogens with zero attached hydrogens (tertiary/aromatic N) is 1. The van der Waals surface area contributed by atoms with Crippen molar-refractivity contribution >= 4 is 23.9 Å². The van der Waals surface area contributed by atoms with Crippen LogP contribution in [0.3, 0.4) is 0 Å². The second-order valence-corrected chi connectivity index (χ2v) is 2.78. The maximum absolute atomic E-state index is 10.6. The number of aromatic carboxylic acids is 1. The summed E-state index contributed by atoms with van der Waals surface area (Å²) < 4.78 is 0. The van der Waals surface area contributed by atoms with Gasteiger partial charge in [-0.25, -0.2) is 9.78 Å². The van der Waals surface area contributed by atoms with Gasteiger partial charge in [0, 0.05) is 0 Å². The summed E-state index contributed by atoms with van der Waals surface area (Å²) >= 11 is 5.57. The van der Waals surface area contributed by atoms with E-state index in [1.807, 2.05) is 0 Å². The number of pyridine rings is 1. The summed E-state index contributed by atoms with van der Waals surface area (Å²) in [6, 6.07) is 1.21. The SMILES string of the molecule is Cc1nc(Cl)c(C=O)cc1C(=O)O. The molecule has 0 spiro atoms. The van der Waals surface area contributed by atoms with Crippen LogP contribution in [-0.4, -0.2) is 22.3 Å². The molecule has 0 saturated heterocycles. The molecule has 0 amide bonds. The number of hydrogen-bond acceptors (Lipinski definition) is 3. The number of aromatic nitrogens is 1. The Labute approximate surface area is 79.2 Å². The third-order valence-electron chi connectivity index (χ3n) is 1.55. The van der Waals surface area contributed by atoms with Crippen LogP contribution in [0.15, 0.2) is 6.07 Å². The Morgan fingerprint density at radius 3 is 2.77 bits per heavy atom. The Bertz CT molecular complexity index is 376. The number of carboxylic acids is 1. The van der Waals surface area contributed by atoms with Gasteiger partial charge < -0.3 is 5.11 Å². The van der Waals surface area contributed by atoms with Gasteiger partial charge in [0.25, 0.3) is 0 Å². The van der Waals surface area contributed by atoms with Crippen molar-refractivity contribution in [3.8, 4) is 0 Å². The fourth-order valence-corrected chi connectivity index (χ4v) is 1.12. The molecule has 13 heavy (non-hydrogen) atoms. The first kappa shape index (κ1) is 9.67. The van der Waals surface area contributed by atoms with Crippen molar-refractivity contribution in [3.63, 3.8) is 0 Å². The van der Waals surface area contributed by atoms with E-state index in [0.717, 1.165) is 0 Å². The lowest BCUT2D eigenvalue weighted by Gasteiger charge is -2.01. The molecule has 0 aliphatic rings. The molecule has 0 radical (unpaired) electrons. The van der Waals surface area contributed by atoms with Crippen molar-refractivity contribution < 1.29 is 14.7 Å². The fourth-order valence-electron chi connectivity index (χ4n) is 0.891. The normalized spacial score (nSPS) is 9.69. The van der Waals surface area contributed by atoms with Gasteiger partial charge in [0.05, 0.1) is 16.8 Å². The molecule has 5 heteroatoms. The standard InChI is InChI=1S/C8H6ClNO3/c1-4-6(8(12)13)2-5(3-11)7(9)10-4/h2-3H,1H3,(H,12,13). The largest absolute Gasteiger partial charge is 0.478 e. The minimum Gasteiger partial charge on any atom is -0.478 e. The number of carboxylic acid groups (broad SMARTS) is 1. The van der Waals surface area contributed by atoms with E-state index in [-0.39, 0.29) is 16.3 Å². The van der Waals surface area contributed by atoms with Crippen LogP contribution in [-0.2, 0) is 0 Å². The van der Waals surface area contributed by atoms with Gasteiger partial charge in [0.1, 0.15) is 5.15 Å². The smallest absolute Gasteiger partial charge is 0.337 e. The van der Waals surface area contributed by atoms with Crippen LogP contribution < -0.4 is 0 Å². The molecule has 0 atom stereocenters. The monoisotopic (exact) mass is 199 g/mol. The first-order valence-corrected chi connectivity index (χ1v) is 3.79. The third-order valence-corrected chi connectivity index (χ3v) is 1.85. The maximum Gasteiger partial charge on any atom is 0.337 e. The molecular formula is C8H6ClNO3. The van der Waals surface area contributed by atoms with Crippen molar-refractivity contribution in [2.24, 2.45) is 0 Å². The van der Waals surface area contributed by atoms with E-state index in [1.165, 1.54) is 13.0 Å². The highest BCUT2D eigenvalue weighted by molar-refractivity contribution is 6.31. The highest BCUT2D eigenvalue weighted by atomic mass is 35.5. The summed E-state index contributed by atoms with van der Waals surface area (Å²) in [5.41, 5.74) is 0.374. The van der Waals surface area contributed by atoms with Gasteiger partial charge in [-0.2, -0.15) is 0 Å². The average Bonchev–Trinajstić information content (AvgIpc) is 2.03. The fraction of sp³-hybridized carbons (Fsp3) is 0.125. The van der Waals surface area contributed by atoms with Crippen LogP contribution in [0.5, 0.6) is 0 Å². The molecule has 0 fully saturated rings. The summed E-state index contributed by atoms with van der Waals surface area (Å²) in [4.78, 5) is 24.7. The molecule has 0 aliphatic heterocycles. The molecule has 68 valence electrons. The topological polar surface area (TPSA) is 67.3 Å². The van der Waals surface area contributed by atoms with Crippen molar-refractivity contribution in [2.75, 3.05) is 0 Å². The third kappa shape index (κ3) is 1.84. The molecular weight excluding hydrogens is 194 g/mol. The lowest BCUT2D eigenvalue weighted by Crippen LogP contribution is -2.03. The van der Waals surface area contributed by atoms with Crippen LogP contribution in [0.1, 0.15) is 26.4 Å². The first-order valence-electron chi connectivity index (χ1n) is 3.42. The second-order valence-electron chi connectivity index (χ2n) is 2.42. The summed E-state index contributed by atoms with van der Waals surface area (Å²) in [7, 11) is 0. The van der Waals surface area contributed by atoms with Crippen LogP contribution in [0, 0.1) is 6.92 Å². The minimum absolute atomic E-state index is 0.00787. The van der Waals surface area contributed by atoms with E-state index in [4.69, 9.17) is 16.7 Å². The molecule has 0 unspecified atom stereocenters. The van der Waals surface area contributed by atoms with Crippen LogP contribution >= 0.6 is 11.6 Å². The first-order chi connectivity index (χ1) is 6.06. The minimum atomic E-state index is -1.12. The molecule has 1 aromatic heterocycles. The van der Waals surface area contributed by atoms with Gasteiger partial charge in [0.15, 0.2) is 6.29 Å². The summed E-state index contributed by atoms with van der Waals surface area (Å²) in [5, 5.41) is 8.70. The van der Waals surface area contributed by atoms with Gasteiger partial charge in [-0.05, 0) is 13.0 Å². The molecule has 1 N–H and O–H groups in total. The summed E-state index contributed by atoms with van der Waals surface area (Å²) in [5.74, 6) is -1.12. The molecule has 4 nitrogen and oxygen atoms in total. The van der Waals surface area contributed by atoms with E-state index in [1.54, 1.807) is 0 Å². The summed E-state index contributed by atoms with van der Waals surface area (Å²) in [6.07, 6.45) is 0.473. The van der Waals surface area contributed by atoms with Crippen LogP contribution in [0.25, 0.3) is 0 Å². The van der Waals surface area contributed by atoms with Crippen molar-refractivity contribution in [3.05, 3.63) is 28.0 Å². The Hall–Kier alpha value is -1.42. The van der Waals surface area contributed by atoms with Crippen molar-refractivity contribution in [2.45, 2.75) is 6.92 Å². The van der Waals surface area contributed by atoms with E-state index in [2.05, 4.69) is 4.98 Å². The maximum atomic E-state index is 10.6. The quantitative estimate of drug-likeness (QED) is 0.580. The highest BCUT2D eigenvalue weighted by Gasteiger charge is 2.11. The number of hydrogen-bond donors (Lipinski definition) is 1. The molecule has 0 aromatic carbocycles. The van der Waals surface area contributed by atoms with Gasteiger partial charge in [-0.15, -0.1) is 0 Å².